The molecule has 7 heteroatoms. The third-order valence-corrected chi connectivity index (χ3v) is 4.09. The van der Waals surface area contributed by atoms with Crippen LogP contribution < -0.4 is 0 Å². The van der Waals surface area contributed by atoms with Gasteiger partial charge in [0, 0.05) is 20.6 Å². The molecular weight excluding hydrogens is 264 g/mol. The molecule has 0 spiro atoms. The van der Waals surface area contributed by atoms with E-state index < -0.39 is 0 Å². The van der Waals surface area contributed by atoms with Crippen LogP contribution in [0.15, 0.2) is 12.5 Å². The quantitative estimate of drug-likeness (QED) is 0.856. The molecule has 6 nitrogen and oxygen atoms in total. The highest BCUT2D eigenvalue weighted by Gasteiger charge is 2.30. The van der Waals surface area contributed by atoms with Gasteiger partial charge in [0.15, 0.2) is 0 Å². The van der Waals surface area contributed by atoms with Gasteiger partial charge >= 0.3 is 0 Å². The second kappa shape index (κ2) is 4.94. The predicted molar refractivity (Wildman–Crippen MR) is 71.6 cm³/mol. The van der Waals surface area contributed by atoms with Crippen LogP contribution >= 0.6 is 11.6 Å². The van der Waals surface area contributed by atoms with Crippen LogP contribution in [-0.4, -0.2) is 36.0 Å². The Labute approximate surface area is 117 Å². The van der Waals surface area contributed by atoms with E-state index in [2.05, 4.69) is 20.2 Å². The standard InChI is InChI=1S/C12H17ClN6/c1-17-8-14-16-12(17)10-4-3-5-19(10)7-11-9(13)6-15-18(11)2/h6,8,10H,3-5,7H2,1-2H3/t10-/m0/s1. The van der Waals surface area contributed by atoms with Gasteiger partial charge in [0.1, 0.15) is 12.2 Å². The molecule has 1 saturated heterocycles. The summed E-state index contributed by atoms with van der Waals surface area (Å²) in [6.45, 7) is 1.85. The minimum absolute atomic E-state index is 0.318. The minimum Gasteiger partial charge on any atom is -0.319 e. The van der Waals surface area contributed by atoms with Gasteiger partial charge in [-0.25, -0.2) is 0 Å². The first-order valence-corrected chi connectivity index (χ1v) is 6.79. The minimum atomic E-state index is 0.318. The van der Waals surface area contributed by atoms with Gasteiger partial charge in [-0.2, -0.15) is 5.10 Å². The highest BCUT2D eigenvalue weighted by Crippen LogP contribution is 2.32. The van der Waals surface area contributed by atoms with E-state index in [-0.39, 0.29) is 0 Å². The van der Waals surface area contributed by atoms with Crippen LogP contribution in [0.4, 0.5) is 0 Å². The average molecular weight is 281 g/mol. The molecule has 0 aliphatic carbocycles. The fourth-order valence-electron chi connectivity index (χ4n) is 2.71. The van der Waals surface area contributed by atoms with E-state index in [4.69, 9.17) is 11.6 Å². The summed E-state index contributed by atoms with van der Waals surface area (Å²) in [5.41, 5.74) is 1.05. The van der Waals surface area contributed by atoms with Crippen molar-refractivity contribution in [1.29, 1.82) is 0 Å². The van der Waals surface area contributed by atoms with E-state index in [0.29, 0.717) is 6.04 Å². The van der Waals surface area contributed by atoms with E-state index in [9.17, 15) is 0 Å². The van der Waals surface area contributed by atoms with Crippen molar-refractivity contribution in [1.82, 2.24) is 29.4 Å². The maximum atomic E-state index is 6.18. The summed E-state index contributed by atoms with van der Waals surface area (Å²) < 4.78 is 3.84. The van der Waals surface area contributed by atoms with Gasteiger partial charge in [-0.1, -0.05) is 11.6 Å². The van der Waals surface area contributed by atoms with Gasteiger partial charge < -0.3 is 4.57 Å². The van der Waals surface area contributed by atoms with Crippen LogP contribution in [0.2, 0.25) is 5.02 Å². The molecule has 0 amide bonds. The molecule has 3 heterocycles. The maximum absolute atomic E-state index is 6.18. The summed E-state index contributed by atoms with van der Waals surface area (Å²) in [6.07, 6.45) is 5.74. The highest BCUT2D eigenvalue weighted by atomic mass is 35.5. The zero-order valence-corrected chi connectivity index (χ0v) is 11.9. The second-order valence-electron chi connectivity index (χ2n) is 4.99. The third-order valence-electron chi connectivity index (χ3n) is 3.77. The maximum Gasteiger partial charge on any atom is 0.149 e. The van der Waals surface area contributed by atoms with E-state index in [1.165, 1.54) is 6.42 Å². The van der Waals surface area contributed by atoms with Crippen LogP contribution in [0.25, 0.3) is 0 Å². The summed E-state index contributed by atoms with van der Waals surface area (Å²) in [4.78, 5) is 2.40. The molecule has 2 aromatic heterocycles. The van der Waals surface area contributed by atoms with Crippen molar-refractivity contribution in [3.05, 3.63) is 29.1 Å². The monoisotopic (exact) mass is 280 g/mol. The summed E-state index contributed by atoms with van der Waals surface area (Å²) in [7, 11) is 3.91. The molecule has 1 atom stereocenters. The first-order chi connectivity index (χ1) is 9.16. The van der Waals surface area contributed by atoms with Crippen molar-refractivity contribution < 1.29 is 0 Å². The Morgan fingerprint density at radius 3 is 2.89 bits per heavy atom. The lowest BCUT2D eigenvalue weighted by Gasteiger charge is -2.23. The van der Waals surface area contributed by atoms with Crippen LogP contribution in [0.3, 0.4) is 0 Å². The molecule has 0 saturated carbocycles. The molecule has 19 heavy (non-hydrogen) atoms. The summed E-state index contributed by atoms with van der Waals surface area (Å²) in [5, 5.41) is 13.1. The SMILES string of the molecule is Cn1cnnc1[C@@H]1CCCN1Cc1c(Cl)cnn1C. The number of halogens is 1. The largest absolute Gasteiger partial charge is 0.319 e. The Morgan fingerprint density at radius 2 is 2.26 bits per heavy atom. The molecule has 2 aromatic rings. The van der Waals surface area contributed by atoms with Crippen molar-refractivity contribution >= 4 is 11.6 Å². The van der Waals surface area contributed by atoms with Gasteiger partial charge in [0.25, 0.3) is 0 Å². The van der Waals surface area contributed by atoms with Crippen molar-refractivity contribution in [3.63, 3.8) is 0 Å². The summed E-state index contributed by atoms with van der Waals surface area (Å²) in [5.74, 6) is 1.02. The van der Waals surface area contributed by atoms with Gasteiger partial charge in [0.2, 0.25) is 0 Å². The van der Waals surface area contributed by atoms with Crippen molar-refractivity contribution in [2.24, 2.45) is 14.1 Å². The molecule has 0 radical (unpaired) electrons. The molecule has 0 unspecified atom stereocenters. The van der Waals surface area contributed by atoms with Crippen molar-refractivity contribution in [3.8, 4) is 0 Å². The van der Waals surface area contributed by atoms with Gasteiger partial charge in [-0.15, -0.1) is 10.2 Å². The lowest BCUT2D eigenvalue weighted by atomic mass is 10.2. The Morgan fingerprint density at radius 1 is 1.42 bits per heavy atom. The molecule has 0 bridgehead atoms. The zero-order valence-electron chi connectivity index (χ0n) is 11.1. The molecule has 3 rings (SSSR count). The lowest BCUT2D eigenvalue weighted by molar-refractivity contribution is 0.230. The molecule has 0 N–H and O–H groups in total. The van der Waals surface area contributed by atoms with Crippen LogP contribution in [0.5, 0.6) is 0 Å². The molecular formula is C12H17ClN6. The predicted octanol–water partition coefficient (Wildman–Crippen LogP) is 1.54. The van der Waals surface area contributed by atoms with E-state index in [0.717, 1.165) is 36.1 Å². The van der Waals surface area contributed by atoms with E-state index >= 15 is 0 Å². The first-order valence-electron chi connectivity index (χ1n) is 6.41. The Hall–Kier alpha value is -1.40. The van der Waals surface area contributed by atoms with Gasteiger partial charge in [-0.05, 0) is 19.4 Å². The summed E-state index contributed by atoms with van der Waals surface area (Å²) >= 11 is 6.18. The van der Waals surface area contributed by atoms with Gasteiger partial charge in [0.05, 0.1) is 23.0 Å². The number of likely N-dealkylation sites (tertiary alicyclic amines) is 1. The third kappa shape index (κ3) is 2.26. The number of nitrogens with zero attached hydrogens (tertiary/aromatic N) is 6. The molecule has 1 aliphatic heterocycles. The lowest BCUT2D eigenvalue weighted by Crippen LogP contribution is -2.26. The van der Waals surface area contributed by atoms with E-state index in [1.54, 1.807) is 12.5 Å². The topological polar surface area (TPSA) is 51.8 Å². The zero-order chi connectivity index (χ0) is 13.4. The Balaban J connectivity index is 1.83. The normalized spacial score (nSPS) is 20.3. The highest BCUT2D eigenvalue weighted by molar-refractivity contribution is 6.31. The summed E-state index contributed by atoms with van der Waals surface area (Å²) in [6, 6.07) is 0.318. The van der Waals surface area contributed by atoms with Crippen LogP contribution in [0, 0.1) is 0 Å². The van der Waals surface area contributed by atoms with Crippen LogP contribution in [0.1, 0.15) is 30.4 Å². The molecule has 0 aromatic carbocycles. The van der Waals surface area contributed by atoms with Gasteiger partial charge in [-0.3, -0.25) is 9.58 Å². The Bertz CT molecular complexity index is 555. The average Bonchev–Trinajstić information content (AvgIpc) is 3.06. The molecule has 1 aliphatic rings. The molecule has 1 fully saturated rings. The number of aromatic nitrogens is 5. The number of rotatable bonds is 3. The van der Waals surface area contributed by atoms with Crippen molar-refractivity contribution in [2.75, 3.05) is 6.54 Å². The smallest absolute Gasteiger partial charge is 0.149 e. The second-order valence-corrected chi connectivity index (χ2v) is 5.40. The van der Waals surface area contributed by atoms with E-state index in [1.807, 2.05) is 23.3 Å². The van der Waals surface area contributed by atoms with Crippen molar-refractivity contribution in [2.45, 2.75) is 25.4 Å². The number of hydrogen-bond acceptors (Lipinski definition) is 4. The fourth-order valence-corrected chi connectivity index (χ4v) is 2.93. The fraction of sp³-hybridized carbons (Fsp3) is 0.583. The molecule has 102 valence electrons. The number of hydrogen-bond donors (Lipinski definition) is 0. The number of aryl methyl sites for hydroxylation is 2. The first kappa shape index (κ1) is 12.6. The van der Waals surface area contributed by atoms with Crippen LogP contribution in [-0.2, 0) is 20.6 Å². The Kier molecular flexibility index (Phi) is 3.28.